The number of benzene rings is 1. The molecule has 0 radical (unpaired) electrons. The fourth-order valence-electron chi connectivity index (χ4n) is 5.33. The monoisotopic (exact) mass is 406 g/mol. The molecule has 2 fully saturated rings. The minimum absolute atomic E-state index is 0.00577. The maximum Gasteiger partial charge on any atom is 0.273 e. The predicted molar refractivity (Wildman–Crippen MR) is 116 cm³/mol. The van der Waals surface area contributed by atoms with E-state index in [0.29, 0.717) is 24.3 Å². The van der Waals surface area contributed by atoms with E-state index in [1.165, 1.54) is 32.1 Å². The molecule has 0 bridgehead atoms. The number of pyridine rings is 1. The number of para-hydroxylation sites is 1. The molecule has 1 aliphatic carbocycles. The first kappa shape index (κ1) is 19.5. The molecule has 3 heterocycles. The number of rotatable bonds is 5. The second-order valence-electron chi connectivity index (χ2n) is 8.86. The third kappa shape index (κ3) is 3.58. The van der Waals surface area contributed by atoms with Gasteiger partial charge < -0.3 is 15.1 Å². The summed E-state index contributed by atoms with van der Waals surface area (Å²) in [6.07, 6.45) is 8.19. The van der Waals surface area contributed by atoms with Crippen molar-refractivity contribution in [2.75, 3.05) is 26.2 Å². The van der Waals surface area contributed by atoms with Crippen LogP contribution in [0.15, 0.2) is 24.3 Å². The number of aromatic nitrogens is 1. The summed E-state index contributed by atoms with van der Waals surface area (Å²) in [6, 6.07) is 7.97. The smallest absolute Gasteiger partial charge is 0.273 e. The summed E-state index contributed by atoms with van der Waals surface area (Å²) in [5.74, 6) is -0.0869. The number of nitrogens with zero attached hydrogens (tertiary/aromatic N) is 3. The van der Waals surface area contributed by atoms with Crippen LogP contribution in [0.4, 0.5) is 0 Å². The summed E-state index contributed by atoms with van der Waals surface area (Å²) >= 11 is 0. The Hall–Kier alpha value is -2.47. The van der Waals surface area contributed by atoms with Crippen molar-refractivity contribution in [1.29, 1.82) is 0 Å². The van der Waals surface area contributed by atoms with Gasteiger partial charge in [-0.05, 0) is 44.8 Å². The Balaban J connectivity index is 1.44. The van der Waals surface area contributed by atoms with E-state index in [0.717, 1.165) is 48.9 Å². The zero-order valence-corrected chi connectivity index (χ0v) is 17.5. The van der Waals surface area contributed by atoms with Crippen LogP contribution in [0.3, 0.4) is 0 Å². The fourth-order valence-corrected chi connectivity index (χ4v) is 5.33. The lowest BCUT2D eigenvalue weighted by molar-refractivity contribution is 0.0655. The minimum atomic E-state index is -0.0812. The standard InChI is InChI=1S/C24H30N4O2/c29-23(25-12-15-27-13-6-7-14-27)21-18-10-4-5-11-20(18)26-22-19(21)16-28(24(22)30)17-8-2-1-3-9-17/h4-5,10-11,17H,1-3,6-9,12-16H2,(H,25,29). The van der Waals surface area contributed by atoms with Crippen molar-refractivity contribution < 1.29 is 9.59 Å². The quantitative estimate of drug-likeness (QED) is 0.827. The molecule has 1 saturated heterocycles. The maximum absolute atomic E-state index is 13.3. The topological polar surface area (TPSA) is 65.5 Å². The van der Waals surface area contributed by atoms with Gasteiger partial charge in [-0.3, -0.25) is 9.59 Å². The Kier molecular flexibility index (Phi) is 5.42. The molecule has 2 aliphatic heterocycles. The summed E-state index contributed by atoms with van der Waals surface area (Å²) < 4.78 is 0. The second kappa shape index (κ2) is 8.34. The van der Waals surface area contributed by atoms with E-state index in [4.69, 9.17) is 0 Å². The molecule has 0 unspecified atom stereocenters. The van der Waals surface area contributed by atoms with Crippen LogP contribution in [-0.4, -0.2) is 58.8 Å². The van der Waals surface area contributed by atoms with Gasteiger partial charge in [0.15, 0.2) is 0 Å². The van der Waals surface area contributed by atoms with Crippen molar-refractivity contribution in [2.24, 2.45) is 0 Å². The Labute approximate surface area is 177 Å². The molecule has 6 heteroatoms. The van der Waals surface area contributed by atoms with E-state index < -0.39 is 0 Å². The molecular formula is C24H30N4O2. The number of nitrogens with one attached hydrogen (secondary N) is 1. The molecule has 0 atom stereocenters. The average molecular weight is 407 g/mol. The van der Waals surface area contributed by atoms with Gasteiger partial charge in [-0.15, -0.1) is 0 Å². The Morgan fingerprint density at radius 1 is 1.07 bits per heavy atom. The van der Waals surface area contributed by atoms with Crippen LogP contribution in [0, 0.1) is 0 Å². The average Bonchev–Trinajstić information content (AvgIpc) is 3.41. The molecule has 3 aliphatic rings. The van der Waals surface area contributed by atoms with Crippen LogP contribution in [-0.2, 0) is 6.54 Å². The van der Waals surface area contributed by atoms with Crippen LogP contribution < -0.4 is 5.32 Å². The number of carbonyl (C=O) groups is 2. The van der Waals surface area contributed by atoms with Gasteiger partial charge in [-0.25, -0.2) is 4.98 Å². The molecule has 1 saturated carbocycles. The van der Waals surface area contributed by atoms with Gasteiger partial charge in [0.25, 0.3) is 11.8 Å². The van der Waals surface area contributed by atoms with E-state index in [1.54, 1.807) is 0 Å². The van der Waals surface area contributed by atoms with E-state index in [9.17, 15) is 9.59 Å². The Bertz CT molecular complexity index is 961. The molecule has 0 spiro atoms. The van der Waals surface area contributed by atoms with Gasteiger partial charge in [0.05, 0.1) is 11.1 Å². The Morgan fingerprint density at radius 3 is 2.63 bits per heavy atom. The molecule has 6 nitrogen and oxygen atoms in total. The highest BCUT2D eigenvalue weighted by Gasteiger charge is 2.37. The lowest BCUT2D eigenvalue weighted by Crippen LogP contribution is -2.37. The number of likely N-dealkylation sites (tertiary alicyclic amines) is 1. The molecule has 30 heavy (non-hydrogen) atoms. The molecule has 5 rings (SSSR count). The summed E-state index contributed by atoms with van der Waals surface area (Å²) in [5, 5.41) is 3.96. The van der Waals surface area contributed by atoms with E-state index >= 15 is 0 Å². The third-order valence-electron chi connectivity index (χ3n) is 6.94. The highest BCUT2D eigenvalue weighted by atomic mass is 16.2. The van der Waals surface area contributed by atoms with Gasteiger partial charge in [0.1, 0.15) is 5.69 Å². The largest absolute Gasteiger partial charge is 0.351 e. The third-order valence-corrected chi connectivity index (χ3v) is 6.94. The molecule has 1 aromatic heterocycles. The van der Waals surface area contributed by atoms with Crippen LogP contribution >= 0.6 is 0 Å². The Morgan fingerprint density at radius 2 is 1.83 bits per heavy atom. The predicted octanol–water partition coefficient (Wildman–Crippen LogP) is 3.35. The highest BCUT2D eigenvalue weighted by Crippen LogP contribution is 2.34. The SMILES string of the molecule is O=C(NCCN1CCCC1)c1c2c(nc3ccccc13)C(=O)N(C1CCCCC1)C2. The number of amides is 2. The van der Waals surface area contributed by atoms with Gasteiger partial charge in [-0.2, -0.15) is 0 Å². The fraction of sp³-hybridized carbons (Fsp3) is 0.542. The number of carbonyl (C=O) groups excluding carboxylic acids is 2. The first-order chi connectivity index (χ1) is 14.7. The van der Waals surface area contributed by atoms with Crippen molar-refractivity contribution in [3.05, 3.63) is 41.1 Å². The van der Waals surface area contributed by atoms with Crippen molar-refractivity contribution in [3.8, 4) is 0 Å². The lowest BCUT2D eigenvalue weighted by Gasteiger charge is -2.30. The number of hydrogen-bond acceptors (Lipinski definition) is 4. The van der Waals surface area contributed by atoms with Crippen LogP contribution in [0.2, 0.25) is 0 Å². The lowest BCUT2D eigenvalue weighted by atomic mass is 9.94. The number of hydrogen-bond donors (Lipinski definition) is 1. The zero-order chi connectivity index (χ0) is 20.5. The maximum atomic E-state index is 13.3. The van der Waals surface area contributed by atoms with Crippen molar-refractivity contribution in [2.45, 2.75) is 57.5 Å². The number of fused-ring (bicyclic) bond motifs is 2. The van der Waals surface area contributed by atoms with Gasteiger partial charge in [0.2, 0.25) is 0 Å². The molecule has 2 amide bonds. The molecular weight excluding hydrogens is 376 g/mol. The highest BCUT2D eigenvalue weighted by molar-refractivity contribution is 6.11. The molecule has 158 valence electrons. The van der Waals surface area contributed by atoms with Crippen molar-refractivity contribution in [3.63, 3.8) is 0 Å². The van der Waals surface area contributed by atoms with Gasteiger partial charge in [0, 0.05) is 36.6 Å². The van der Waals surface area contributed by atoms with Crippen LogP contribution in [0.25, 0.3) is 10.9 Å². The molecule has 2 aromatic rings. The summed E-state index contributed by atoms with van der Waals surface area (Å²) in [5.41, 5.74) is 2.65. The van der Waals surface area contributed by atoms with E-state index in [1.807, 2.05) is 29.2 Å². The first-order valence-corrected chi connectivity index (χ1v) is 11.5. The summed E-state index contributed by atoms with van der Waals surface area (Å²) in [7, 11) is 0. The molecule has 1 N–H and O–H groups in total. The van der Waals surface area contributed by atoms with Gasteiger partial charge in [-0.1, -0.05) is 37.5 Å². The first-order valence-electron chi connectivity index (χ1n) is 11.5. The van der Waals surface area contributed by atoms with Crippen LogP contribution in [0.1, 0.15) is 71.4 Å². The van der Waals surface area contributed by atoms with Crippen molar-refractivity contribution >= 4 is 22.7 Å². The summed E-state index contributed by atoms with van der Waals surface area (Å²) in [6.45, 7) is 4.25. The van der Waals surface area contributed by atoms with Gasteiger partial charge >= 0.3 is 0 Å². The minimum Gasteiger partial charge on any atom is -0.351 e. The molecule has 1 aromatic carbocycles. The zero-order valence-electron chi connectivity index (χ0n) is 17.5. The van der Waals surface area contributed by atoms with Crippen LogP contribution in [0.5, 0.6) is 0 Å². The summed E-state index contributed by atoms with van der Waals surface area (Å²) in [4.78, 5) is 35.6. The normalized spacial score (nSPS) is 20.1. The second-order valence-corrected chi connectivity index (χ2v) is 8.86. The van der Waals surface area contributed by atoms with E-state index in [-0.39, 0.29) is 17.9 Å². The van der Waals surface area contributed by atoms with E-state index in [2.05, 4.69) is 15.2 Å². The van der Waals surface area contributed by atoms with Crippen molar-refractivity contribution in [1.82, 2.24) is 20.1 Å².